The molecule has 2 heterocycles. The molecule has 1 unspecified atom stereocenters. The Kier molecular flexibility index (Phi) is 10.4. The molecular formula is C33H46ClNO5. The van der Waals surface area contributed by atoms with Gasteiger partial charge in [-0.2, -0.15) is 0 Å². The second kappa shape index (κ2) is 13.6. The number of halogens is 1. The van der Waals surface area contributed by atoms with E-state index in [4.69, 9.17) is 25.8 Å². The van der Waals surface area contributed by atoms with Crippen molar-refractivity contribution in [1.29, 1.82) is 0 Å². The fourth-order valence-corrected chi connectivity index (χ4v) is 7.03. The number of fused-ring (bicyclic) bond motifs is 1. The van der Waals surface area contributed by atoms with Crippen LogP contribution in [0.5, 0.6) is 11.5 Å². The van der Waals surface area contributed by atoms with Crippen LogP contribution in [0.15, 0.2) is 48.6 Å². The van der Waals surface area contributed by atoms with Gasteiger partial charge in [-0.3, -0.25) is 4.79 Å². The maximum absolute atomic E-state index is 13.9. The van der Waals surface area contributed by atoms with Crippen molar-refractivity contribution in [2.24, 2.45) is 11.8 Å². The molecule has 0 aromatic heterocycles. The first-order chi connectivity index (χ1) is 19.2. The van der Waals surface area contributed by atoms with E-state index in [1.54, 1.807) is 13.2 Å². The highest BCUT2D eigenvalue weighted by molar-refractivity contribution is 6.18. The number of rotatable bonds is 10. The number of hydrogen-bond acceptors (Lipinski definition) is 5. The standard InChI is InChI=1S/C33H46ClNO5/c1-6-8-23(9-7-16-34)32-28-21-30(40-22(2)3)29(38-5)19-24(28)20-31(36)35(32)27-12-10-25(11-13-27)33(4,37)26-14-17-39-18-15-26/h6-9,19,21-22,25-27,32,37H,1,10-18,20H2,2-5H3/b9-7-,23-8+/t25?,27?,32-,33?/m0/s1. The number of carbonyl (C=O) groups is 1. The van der Waals surface area contributed by atoms with Crippen LogP contribution in [0.4, 0.5) is 0 Å². The van der Waals surface area contributed by atoms with E-state index in [0.717, 1.165) is 68.4 Å². The van der Waals surface area contributed by atoms with Gasteiger partial charge in [0.05, 0.1) is 31.3 Å². The number of aliphatic hydroxyl groups is 1. The molecule has 4 rings (SSSR count). The summed E-state index contributed by atoms with van der Waals surface area (Å²) in [4.78, 5) is 16.0. The molecule has 1 amide bonds. The summed E-state index contributed by atoms with van der Waals surface area (Å²) < 4.78 is 17.3. The zero-order valence-corrected chi connectivity index (χ0v) is 25.3. The van der Waals surface area contributed by atoms with Crippen molar-refractivity contribution in [3.63, 3.8) is 0 Å². The average molecular weight is 572 g/mol. The quantitative estimate of drug-likeness (QED) is 0.255. The zero-order valence-electron chi connectivity index (χ0n) is 24.5. The Balaban J connectivity index is 1.68. The van der Waals surface area contributed by atoms with E-state index < -0.39 is 5.60 Å². The minimum atomic E-state index is -0.719. The van der Waals surface area contributed by atoms with Crippen molar-refractivity contribution in [3.8, 4) is 11.5 Å². The molecule has 40 heavy (non-hydrogen) atoms. The molecule has 6 nitrogen and oxygen atoms in total. The number of ether oxygens (including phenoxy) is 3. The molecule has 1 aromatic carbocycles. The summed E-state index contributed by atoms with van der Waals surface area (Å²) in [6, 6.07) is 3.77. The first kappa shape index (κ1) is 30.7. The van der Waals surface area contributed by atoms with Crippen molar-refractivity contribution in [1.82, 2.24) is 4.90 Å². The molecule has 1 aromatic rings. The number of carbonyl (C=O) groups excluding carboxylic acids is 1. The molecule has 1 saturated heterocycles. The van der Waals surface area contributed by atoms with Crippen LogP contribution in [0.25, 0.3) is 0 Å². The lowest BCUT2D eigenvalue weighted by Crippen LogP contribution is -2.51. The summed E-state index contributed by atoms with van der Waals surface area (Å²) in [5, 5.41) is 11.6. The van der Waals surface area contributed by atoms with Crippen molar-refractivity contribution in [3.05, 3.63) is 59.7 Å². The van der Waals surface area contributed by atoms with Crippen LogP contribution < -0.4 is 9.47 Å². The van der Waals surface area contributed by atoms with Gasteiger partial charge < -0.3 is 24.2 Å². The Bertz CT molecular complexity index is 1100. The highest BCUT2D eigenvalue weighted by Crippen LogP contribution is 2.47. The molecule has 2 fully saturated rings. The molecular weight excluding hydrogens is 526 g/mol. The Hall–Kier alpha value is -2.28. The number of amides is 1. The van der Waals surface area contributed by atoms with Gasteiger partial charge in [0.15, 0.2) is 11.5 Å². The van der Waals surface area contributed by atoms with Crippen LogP contribution in [-0.2, 0) is 16.0 Å². The monoisotopic (exact) mass is 571 g/mol. The average Bonchev–Trinajstić information content (AvgIpc) is 2.95. The third kappa shape index (κ3) is 6.61. The van der Waals surface area contributed by atoms with E-state index in [1.165, 1.54) is 0 Å². The lowest BCUT2D eigenvalue weighted by atomic mass is 9.68. The maximum Gasteiger partial charge on any atom is 0.228 e. The third-order valence-electron chi connectivity index (χ3n) is 8.98. The minimum Gasteiger partial charge on any atom is -0.493 e. The van der Waals surface area contributed by atoms with E-state index in [-0.39, 0.29) is 35.9 Å². The third-order valence-corrected chi connectivity index (χ3v) is 9.16. The van der Waals surface area contributed by atoms with Crippen molar-refractivity contribution in [2.45, 2.75) is 89.5 Å². The summed E-state index contributed by atoms with van der Waals surface area (Å²) in [5.74, 6) is 2.26. The van der Waals surface area contributed by atoms with E-state index in [1.807, 2.05) is 51.1 Å². The molecule has 220 valence electrons. The Labute approximate surface area is 245 Å². The smallest absolute Gasteiger partial charge is 0.228 e. The molecule has 0 spiro atoms. The van der Waals surface area contributed by atoms with E-state index in [9.17, 15) is 9.90 Å². The predicted octanol–water partition coefficient (Wildman–Crippen LogP) is 6.55. The van der Waals surface area contributed by atoms with Gasteiger partial charge in [0.1, 0.15) is 0 Å². The number of allylic oxidation sites excluding steroid dienone is 3. The van der Waals surface area contributed by atoms with Gasteiger partial charge in [-0.1, -0.05) is 30.9 Å². The van der Waals surface area contributed by atoms with Crippen molar-refractivity contribution in [2.75, 3.05) is 26.2 Å². The highest BCUT2D eigenvalue weighted by atomic mass is 35.5. The van der Waals surface area contributed by atoms with Crippen LogP contribution in [-0.4, -0.2) is 59.9 Å². The van der Waals surface area contributed by atoms with Gasteiger partial charge >= 0.3 is 0 Å². The topological polar surface area (TPSA) is 68.2 Å². The number of methoxy groups -OCH3 is 1. The van der Waals surface area contributed by atoms with E-state index >= 15 is 0 Å². The lowest BCUT2D eigenvalue weighted by Gasteiger charge is -2.48. The second-order valence-corrected chi connectivity index (χ2v) is 12.1. The zero-order chi connectivity index (χ0) is 28.9. The molecule has 2 atom stereocenters. The fraction of sp³-hybridized carbons (Fsp3) is 0.606. The van der Waals surface area contributed by atoms with Gasteiger partial charge in [-0.15, -0.1) is 11.6 Å². The lowest BCUT2D eigenvalue weighted by molar-refractivity contribution is -0.139. The first-order valence-corrected chi connectivity index (χ1v) is 15.3. The second-order valence-electron chi connectivity index (χ2n) is 11.8. The fourth-order valence-electron chi connectivity index (χ4n) is 6.94. The normalized spacial score (nSPS) is 26.1. The molecule has 7 heteroatoms. The molecule has 1 aliphatic carbocycles. The van der Waals surface area contributed by atoms with Gasteiger partial charge in [0, 0.05) is 25.1 Å². The molecule has 1 N–H and O–H groups in total. The van der Waals surface area contributed by atoms with Crippen LogP contribution in [0, 0.1) is 11.8 Å². The number of nitrogens with zero attached hydrogens (tertiary/aromatic N) is 1. The molecule has 0 radical (unpaired) electrons. The van der Waals surface area contributed by atoms with Crippen molar-refractivity contribution >= 4 is 17.5 Å². The first-order valence-electron chi connectivity index (χ1n) is 14.7. The largest absolute Gasteiger partial charge is 0.493 e. The van der Waals surface area contributed by atoms with Gasteiger partial charge in [0.2, 0.25) is 5.91 Å². The Morgan fingerprint density at radius 1 is 1.18 bits per heavy atom. The van der Waals surface area contributed by atoms with Gasteiger partial charge in [-0.25, -0.2) is 0 Å². The number of benzene rings is 1. The van der Waals surface area contributed by atoms with E-state index in [2.05, 4.69) is 11.5 Å². The van der Waals surface area contributed by atoms with Crippen molar-refractivity contribution < 1.29 is 24.1 Å². The molecule has 1 saturated carbocycles. The van der Waals surface area contributed by atoms with Crippen LogP contribution in [0.3, 0.4) is 0 Å². The molecule has 0 bridgehead atoms. The summed E-state index contributed by atoms with van der Waals surface area (Å²) in [6.45, 7) is 11.4. The Morgan fingerprint density at radius 3 is 2.45 bits per heavy atom. The van der Waals surface area contributed by atoms with Gasteiger partial charge in [0.25, 0.3) is 0 Å². The summed E-state index contributed by atoms with van der Waals surface area (Å²) in [7, 11) is 1.63. The SMILES string of the molecule is C=C/C=C(\C=C/CCl)[C@H]1c2cc(OC(C)C)c(OC)cc2CC(=O)N1C1CCC(C(C)(O)C2CCOCC2)CC1. The van der Waals surface area contributed by atoms with Crippen LogP contribution in [0.1, 0.15) is 76.5 Å². The molecule has 3 aliphatic rings. The summed E-state index contributed by atoms with van der Waals surface area (Å²) in [5.41, 5.74) is 2.23. The number of alkyl halides is 1. The Morgan fingerprint density at radius 2 is 1.85 bits per heavy atom. The predicted molar refractivity (Wildman–Crippen MR) is 160 cm³/mol. The minimum absolute atomic E-state index is 0.0233. The van der Waals surface area contributed by atoms with Gasteiger partial charge in [-0.05, 0) is 100.0 Å². The van der Waals surface area contributed by atoms with E-state index in [0.29, 0.717) is 23.8 Å². The summed E-state index contributed by atoms with van der Waals surface area (Å²) in [6.07, 6.45) is 13.2. The van der Waals surface area contributed by atoms with Crippen LogP contribution >= 0.6 is 11.6 Å². The number of hydrogen-bond donors (Lipinski definition) is 1. The molecule has 2 aliphatic heterocycles. The maximum atomic E-state index is 13.9. The summed E-state index contributed by atoms with van der Waals surface area (Å²) >= 11 is 6.06. The van der Waals surface area contributed by atoms with Crippen LogP contribution in [0.2, 0.25) is 0 Å². The highest BCUT2D eigenvalue weighted by Gasteiger charge is 2.45.